The summed E-state index contributed by atoms with van der Waals surface area (Å²) in [6.45, 7) is 7.67. The van der Waals surface area contributed by atoms with Gasteiger partial charge in [-0.2, -0.15) is 0 Å². The molecule has 0 bridgehead atoms. The van der Waals surface area contributed by atoms with E-state index >= 15 is 0 Å². The number of nitrogens with one attached hydrogen (secondary N) is 2. The van der Waals surface area contributed by atoms with Crippen LogP contribution in [0.1, 0.15) is 45.4 Å². The number of pyridine rings is 1. The van der Waals surface area contributed by atoms with Gasteiger partial charge in [0.25, 0.3) is 0 Å². The van der Waals surface area contributed by atoms with Crippen molar-refractivity contribution in [2.45, 2.75) is 57.5 Å². The highest BCUT2D eigenvalue weighted by atomic mass is 35.5. The van der Waals surface area contributed by atoms with Crippen LogP contribution in [0.5, 0.6) is 0 Å². The number of unbranched alkanes of at least 4 members (excludes halogenated alkanes) is 1. The monoisotopic (exact) mass is 406 g/mol. The third-order valence-corrected chi connectivity index (χ3v) is 6.19. The van der Waals surface area contributed by atoms with Crippen LogP contribution in [0.15, 0.2) is 23.3 Å². The summed E-state index contributed by atoms with van der Waals surface area (Å²) >= 11 is 6.28. The number of nitrogens with zero attached hydrogens (tertiary/aromatic N) is 4. The van der Waals surface area contributed by atoms with Crippen molar-refractivity contribution < 1.29 is 0 Å². The lowest BCUT2D eigenvalue weighted by Gasteiger charge is -2.33. The van der Waals surface area contributed by atoms with Crippen molar-refractivity contribution in [3.05, 3.63) is 23.4 Å². The second-order valence-electron chi connectivity index (χ2n) is 7.97. The van der Waals surface area contributed by atoms with Gasteiger partial charge in [0, 0.05) is 45.0 Å². The lowest BCUT2D eigenvalue weighted by atomic mass is 10.0. The molecular formula is C21H35ClN6. The van der Waals surface area contributed by atoms with Crippen LogP contribution in [0.25, 0.3) is 0 Å². The van der Waals surface area contributed by atoms with Crippen molar-refractivity contribution in [1.82, 2.24) is 20.5 Å². The average molecular weight is 407 g/mol. The van der Waals surface area contributed by atoms with Gasteiger partial charge in [-0.15, -0.1) is 0 Å². The van der Waals surface area contributed by atoms with Crippen molar-refractivity contribution in [3.8, 4) is 0 Å². The Balaban J connectivity index is 1.34. The van der Waals surface area contributed by atoms with E-state index < -0.39 is 0 Å². The molecule has 0 aliphatic carbocycles. The number of aromatic nitrogens is 1. The Kier molecular flexibility index (Phi) is 8.22. The molecule has 2 atom stereocenters. The Labute approximate surface area is 174 Å². The van der Waals surface area contributed by atoms with E-state index in [2.05, 4.69) is 37.3 Å². The number of anilines is 1. The largest absolute Gasteiger partial charge is 0.356 e. The summed E-state index contributed by atoms with van der Waals surface area (Å²) in [7, 11) is 1.84. The minimum atomic E-state index is 0.360. The van der Waals surface area contributed by atoms with Gasteiger partial charge in [0.1, 0.15) is 5.82 Å². The first-order valence-electron chi connectivity index (χ1n) is 10.7. The van der Waals surface area contributed by atoms with E-state index in [-0.39, 0.29) is 0 Å². The molecule has 0 saturated carbocycles. The number of piperidine rings is 1. The molecule has 6 nitrogen and oxygen atoms in total. The molecular weight excluding hydrogens is 372 g/mol. The quantitative estimate of drug-likeness (QED) is 0.414. The van der Waals surface area contributed by atoms with Crippen LogP contribution in [-0.4, -0.2) is 67.7 Å². The smallest absolute Gasteiger partial charge is 0.191 e. The van der Waals surface area contributed by atoms with Gasteiger partial charge in [0.15, 0.2) is 5.96 Å². The maximum Gasteiger partial charge on any atom is 0.191 e. The number of guanidine groups is 1. The van der Waals surface area contributed by atoms with Crippen molar-refractivity contribution in [1.29, 1.82) is 0 Å². The molecule has 3 heterocycles. The van der Waals surface area contributed by atoms with E-state index in [1.165, 1.54) is 45.2 Å². The molecule has 2 saturated heterocycles. The first-order chi connectivity index (χ1) is 13.7. The van der Waals surface area contributed by atoms with E-state index in [0.717, 1.165) is 43.9 Å². The SMILES string of the molecule is CN=C(NCCCCN1CCCCC1C)NC1CCN(c2ncccc2Cl)C1. The van der Waals surface area contributed by atoms with E-state index in [0.29, 0.717) is 11.1 Å². The highest BCUT2D eigenvalue weighted by Gasteiger charge is 2.25. The van der Waals surface area contributed by atoms with Gasteiger partial charge < -0.3 is 20.4 Å². The number of rotatable bonds is 7. The standard InChI is InChI=1S/C21H35ClN6/c1-17-8-3-5-13-27(17)14-6-4-11-25-21(23-2)26-18-10-15-28(16-18)20-19(22)9-7-12-24-20/h7,9,12,17-18H,3-6,8,10-11,13-16H2,1-2H3,(H2,23,25,26). The Morgan fingerprint density at radius 1 is 1.29 bits per heavy atom. The highest BCUT2D eigenvalue weighted by Crippen LogP contribution is 2.25. The van der Waals surface area contributed by atoms with Gasteiger partial charge in [0.2, 0.25) is 0 Å². The molecule has 0 spiro atoms. The van der Waals surface area contributed by atoms with Crippen molar-refractivity contribution >= 4 is 23.4 Å². The van der Waals surface area contributed by atoms with E-state index in [4.69, 9.17) is 11.6 Å². The van der Waals surface area contributed by atoms with E-state index in [1.807, 2.05) is 19.2 Å². The second kappa shape index (κ2) is 10.9. The molecule has 3 rings (SSSR count). The molecule has 2 N–H and O–H groups in total. The van der Waals surface area contributed by atoms with Gasteiger partial charge in [0.05, 0.1) is 5.02 Å². The van der Waals surface area contributed by atoms with Crippen LogP contribution in [0.2, 0.25) is 5.02 Å². The number of likely N-dealkylation sites (tertiary alicyclic amines) is 1. The summed E-state index contributed by atoms with van der Waals surface area (Å²) < 4.78 is 0. The van der Waals surface area contributed by atoms with Crippen molar-refractivity contribution in [3.63, 3.8) is 0 Å². The fourth-order valence-corrected chi connectivity index (χ4v) is 4.45. The average Bonchev–Trinajstić information content (AvgIpc) is 3.16. The third-order valence-electron chi connectivity index (χ3n) is 5.90. The van der Waals surface area contributed by atoms with Crippen LogP contribution in [0.4, 0.5) is 5.82 Å². The van der Waals surface area contributed by atoms with E-state index in [9.17, 15) is 0 Å². The predicted molar refractivity (Wildman–Crippen MR) is 118 cm³/mol. The molecule has 28 heavy (non-hydrogen) atoms. The Hall–Kier alpha value is -1.53. The predicted octanol–water partition coefficient (Wildman–Crippen LogP) is 3.13. The normalized spacial score (nSPS) is 23.8. The summed E-state index contributed by atoms with van der Waals surface area (Å²) in [5.74, 6) is 1.77. The first-order valence-corrected chi connectivity index (χ1v) is 11.1. The number of aliphatic imine (C=N–C) groups is 1. The maximum absolute atomic E-state index is 6.28. The molecule has 7 heteroatoms. The lowest BCUT2D eigenvalue weighted by molar-refractivity contribution is 0.158. The summed E-state index contributed by atoms with van der Waals surface area (Å²) in [4.78, 5) is 13.7. The van der Waals surface area contributed by atoms with Gasteiger partial charge in [-0.3, -0.25) is 4.99 Å². The van der Waals surface area contributed by atoms with Gasteiger partial charge in [-0.1, -0.05) is 18.0 Å². The van der Waals surface area contributed by atoms with Crippen LogP contribution < -0.4 is 15.5 Å². The highest BCUT2D eigenvalue weighted by molar-refractivity contribution is 6.32. The lowest BCUT2D eigenvalue weighted by Crippen LogP contribution is -2.45. The molecule has 0 radical (unpaired) electrons. The summed E-state index contributed by atoms with van der Waals surface area (Å²) in [6.07, 6.45) is 9.38. The zero-order valence-electron chi connectivity index (χ0n) is 17.3. The summed E-state index contributed by atoms with van der Waals surface area (Å²) in [6, 6.07) is 4.89. The molecule has 2 aliphatic rings. The third kappa shape index (κ3) is 5.98. The number of halogens is 1. The topological polar surface area (TPSA) is 55.8 Å². The number of hydrogen-bond donors (Lipinski definition) is 2. The van der Waals surface area contributed by atoms with Crippen LogP contribution in [0.3, 0.4) is 0 Å². The fraction of sp³-hybridized carbons (Fsp3) is 0.714. The minimum Gasteiger partial charge on any atom is -0.356 e. The van der Waals surface area contributed by atoms with Crippen LogP contribution >= 0.6 is 11.6 Å². The Morgan fingerprint density at radius 3 is 2.96 bits per heavy atom. The summed E-state index contributed by atoms with van der Waals surface area (Å²) in [5, 5.41) is 7.74. The molecule has 156 valence electrons. The molecule has 1 aromatic heterocycles. The van der Waals surface area contributed by atoms with Crippen LogP contribution in [0, 0.1) is 0 Å². The maximum atomic E-state index is 6.28. The molecule has 2 fully saturated rings. The zero-order chi connectivity index (χ0) is 19.8. The zero-order valence-corrected chi connectivity index (χ0v) is 18.1. The second-order valence-corrected chi connectivity index (χ2v) is 8.38. The molecule has 2 aliphatic heterocycles. The van der Waals surface area contributed by atoms with Crippen molar-refractivity contribution in [2.75, 3.05) is 44.7 Å². The van der Waals surface area contributed by atoms with Crippen LogP contribution in [-0.2, 0) is 0 Å². The van der Waals surface area contributed by atoms with Gasteiger partial charge >= 0.3 is 0 Å². The first kappa shape index (κ1) is 21.2. The fourth-order valence-electron chi connectivity index (χ4n) is 4.20. The molecule has 1 aromatic rings. The Morgan fingerprint density at radius 2 is 2.18 bits per heavy atom. The molecule has 0 aromatic carbocycles. The Bertz CT molecular complexity index is 637. The van der Waals surface area contributed by atoms with E-state index in [1.54, 1.807) is 6.20 Å². The minimum absolute atomic E-state index is 0.360. The molecule has 0 amide bonds. The van der Waals surface area contributed by atoms with Gasteiger partial charge in [-0.05, 0) is 64.3 Å². The summed E-state index contributed by atoms with van der Waals surface area (Å²) in [5.41, 5.74) is 0. The van der Waals surface area contributed by atoms with Gasteiger partial charge in [-0.25, -0.2) is 4.98 Å². The van der Waals surface area contributed by atoms with Crippen molar-refractivity contribution in [2.24, 2.45) is 4.99 Å². The number of hydrogen-bond acceptors (Lipinski definition) is 4. The molecule has 2 unspecified atom stereocenters.